The number of unbranched alkanes of at least 4 members (excludes halogenated alkanes) is 3. The number of nitrogen functional groups attached to an aromatic ring is 1. The highest BCUT2D eigenvalue weighted by molar-refractivity contribution is 5.70. The first-order chi connectivity index (χ1) is 9.17. The molecule has 0 saturated carbocycles. The second-order valence-electron chi connectivity index (χ2n) is 4.49. The lowest BCUT2D eigenvalue weighted by atomic mass is 10.2. The molecule has 0 aliphatic heterocycles. The Labute approximate surface area is 114 Å². The Morgan fingerprint density at radius 2 is 2.16 bits per heavy atom. The summed E-state index contributed by atoms with van der Waals surface area (Å²) >= 11 is 0. The number of hydrogen-bond donors (Lipinski definition) is 3. The minimum Gasteiger partial charge on any atom is -0.497 e. The van der Waals surface area contributed by atoms with Crippen molar-refractivity contribution in [3.8, 4) is 5.75 Å². The highest BCUT2D eigenvalue weighted by Gasteiger charge is 2.11. The number of anilines is 1. The van der Waals surface area contributed by atoms with Crippen LogP contribution in [-0.2, 0) is 0 Å². The Balaban J connectivity index is 2.39. The van der Waals surface area contributed by atoms with Gasteiger partial charge in [0.1, 0.15) is 5.75 Å². The molecule has 19 heavy (non-hydrogen) atoms. The highest BCUT2D eigenvalue weighted by Crippen LogP contribution is 2.19. The van der Waals surface area contributed by atoms with Crippen LogP contribution in [0.5, 0.6) is 5.75 Å². The first-order valence-electron chi connectivity index (χ1n) is 6.73. The van der Waals surface area contributed by atoms with Gasteiger partial charge < -0.3 is 15.8 Å². The summed E-state index contributed by atoms with van der Waals surface area (Å²) in [5, 5.41) is 4.38. The van der Waals surface area contributed by atoms with Crippen LogP contribution in [0.1, 0.15) is 32.6 Å². The topological polar surface area (TPSA) is 81.0 Å². The number of ether oxygens (including phenoxy) is 1. The molecule has 0 fully saturated rings. The van der Waals surface area contributed by atoms with Gasteiger partial charge >= 0.3 is 6.03 Å². The Morgan fingerprint density at radius 3 is 2.84 bits per heavy atom. The molecule has 1 aromatic rings. The summed E-state index contributed by atoms with van der Waals surface area (Å²) in [5.74, 6) is 0.691. The second kappa shape index (κ2) is 8.37. The van der Waals surface area contributed by atoms with E-state index in [1.165, 1.54) is 18.2 Å². The fourth-order valence-corrected chi connectivity index (χ4v) is 1.76. The third-order valence-corrected chi connectivity index (χ3v) is 2.91. The van der Waals surface area contributed by atoms with E-state index in [2.05, 4.69) is 12.2 Å². The highest BCUT2D eigenvalue weighted by atomic mass is 16.5. The molecular formula is C14H24N3O2+. The number of amides is 2. The van der Waals surface area contributed by atoms with Crippen LogP contribution in [0.4, 0.5) is 16.2 Å². The number of urea groups is 1. The van der Waals surface area contributed by atoms with Crippen molar-refractivity contribution >= 4 is 17.4 Å². The molecule has 1 aromatic carbocycles. The lowest BCUT2D eigenvalue weighted by Gasteiger charge is -2.06. The predicted molar refractivity (Wildman–Crippen MR) is 76.5 cm³/mol. The molecule has 106 valence electrons. The SMILES string of the molecule is CCCCCCNC(=O)[NH2+]c1cc(OC)ccc1N. The number of carbonyl (C=O) groups excluding carboxylic acids is 1. The van der Waals surface area contributed by atoms with E-state index in [1.807, 2.05) is 0 Å². The van der Waals surface area contributed by atoms with Crippen LogP contribution in [0.3, 0.4) is 0 Å². The van der Waals surface area contributed by atoms with Crippen LogP contribution in [0.25, 0.3) is 0 Å². The van der Waals surface area contributed by atoms with Gasteiger partial charge in [-0.1, -0.05) is 26.2 Å². The zero-order chi connectivity index (χ0) is 14.1. The van der Waals surface area contributed by atoms with Crippen LogP contribution in [0, 0.1) is 0 Å². The Morgan fingerprint density at radius 1 is 1.37 bits per heavy atom. The van der Waals surface area contributed by atoms with Gasteiger partial charge in [0.15, 0.2) is 5.69 Å². The Bertz CT molecular complexity index is 408. The normalized spacial score (nSPS) is 10.2. The summed E-state index contributed by atoms with van der Waals surface area (Å²) in [5.41, 5.74) is 7.08. The zero-order valence-corrected chi connectivity index (χ0v) is 11.7. The molecule has 0 saturated heterocycles. The van der Waals surface area contributed by atoms with E-state index in [0.29, 0.717) is 23.7 Å². The molecule has 5 nitrogen and oxygen atoms in total. The van der Waals surface area contributed by atoms with Gasteiger partial charge in [-0.2, -0.15) is 0 Å². The first-order valence-corrected chi connectivity index (χ1v) is 6.73. The number of primary amides is 1. The summed E-state index contributed by atoms with van der Waals surface area (Å²) in [7, 11) is 1.59. The smallest absolute Gasteiger partial charge is 0.418 e. The van der Waals surface area contributed by atoms with E-state index >= 15 is 0 Å². The maximum atomic E-state index is 11.7. The van der Waals surface area contributed by atoms with E-state index in [0.717, 1.165) is 12.8 Å². The average molecular weight is 266 g/mol. The van der Waals surface area contributed by atoms with Crippen LogP contribution in [-0.4, -0.2) is 19.7 Å². The van der Waals surface area contributed by atoms with Crippen molar-refractivity contribution in [3.63, 3.8) is 0 Å². The van der Waals surface area contributed by atoms with Crippen LogP contribution in [0.15, 0.2) is 18.2 Å². The van der Waals surface area contributed by atoms with Crippen LogP contribution in [0.2, 0.25) is 0 Å². The van der Waals surface area contributed by atoms with Gasteiger partial charge in [0.05, 0.1) is 12.8 Å². The molecule has 0 aliphatic carbocycles. The monoisotopic (exact) mass is 266 g/mol. The number of methoxy groups -OCH3 is 1. The lowest BCUT2D eigenvalue weighted by Crippen LogP contribution is -2.85. The van der Waals surface area contributed by atoms with E-state index < -0.39 is 0 Å². The maximum Gasteiger partial charge on any atom is 0.418 e. The summed E-state index contributed by atoms with van der Waals surface area (Å²) in [6.07, 6.45) is 4.57. The van der Waals surface area contributed by atoms with Crippen LogP contribution < -0.4 is 21.1 Å². The molecule has 0 aromatic heterocycles. The number of hydrogen-bond acceptors (Lipinski definition) is 3. The van der Waals surface area contributed by atoms with E-state index in [4.69, 9.17) is 10.5 Å². The molecule has 0 heterocycles. The summed E-state index contributed by atoms with van der Waals surface area (Å²) < 4.78 is 5.11. The second-order valence-corrected chi connectivity index (χ2v) is 4.49. The molecule has 5 N–H and O–H groups in total. The molecule has 1 rings (SSSR count). The van der Waals surface area contributed by atoms with Gasteiger partial charge in [-0.25, -0.2) is 10.1 Å². The quantitative estimate of drug-likeness (QED) is 0.519. The van der Waals surface area contributed by atoms with Gasteiger partial charge in [-0.05, 0) is 18.6 Å². The molecule has 2 amide bonds. The first kappa shape index (κ1) is 15.3. The number of quaternary nitrogens is 1. The summed E-state index contributed by atoms with van der Waals surface area (Å²) in [4.78, 5) is 11.7. The van der Waals surface area contributed by atoms with Crippen molar-refractivity contribution in [1.29, 1.82) is 0 Å². The molecule has 0 spiro atoms. The van der Waals surface area contributed by atoms with Crippen molar-refractivity contribution in [3.05, 3.63) is 18.2 Å². The number of benzene rings is 1. The predicted octanol–water partition coefficient (Wildman–Crippen LogP) is 1.76. The number of rotatable bonds is 7. The van der Waals surface area contributed by atoms with Crippen molar-refractivity contribution in [2.75, 3.05) is 19.4 Å². The van der Waals surface area contributed by atoms with E-state index in [9.17, 15) is 4.79 Å². The van der Waals surface area contributed by atoms with Crippen molar-refractivity contribution in [2.24, 2.45) is 0 Å². The maximum absolute atomic E-state index is 11.7. The molecule has 0 bridgehead atoms. The Hall–Kier alpha value is -1.75. The minimum atomic E-state index is -0.114. The zero-order valence-electron chi connectivity index (χ0n) is 11.7. The number of nitrogens with two attached hydrogens (primary N) is 2. The van der Waals surface area contributed by atoms with Crippen LogP contribution >= 0.6 is 0 Å². The molecular weight excluding hydrogens is 242 g/mol. The third-order valence-electron chi connectivity index (χ3n) is 2.91. The largest absolute Gasteiger partial charge is 0.497 e. The van der Waals surface area contributed by atoms with Gasteiger partial charge in [-0.15, -0.1) is 0 Å². The molecule has 0 unspecified atom stereocenters. The molecule has 0 aliphatic rings. The summed E-state index contributed by atoms with van der Waals surface area (Å²) in [6, 6.07) is 5.15. The number of nitrogens with one attached hydrogen (secondary N) is 1. The standard InChI is InChI=1S/C14H23N3O2/c1-3-4-5-6-9-16-14(18)17-13-10-11(19-2)7-8-12(13)15/h7-8,10H,3-6,9,15H2,1-2H3,(H2,16,17,18)/p+1. The average Bonchev–Trinajstić information content (AvgIpc) is 2.41. The lowest BCUT2D eigenvalue weighted by molar-refractivity contribution is -0.463. The summed E-state index contributed by atoms with van der Waals surface area (Å²) in [6.45, 7) is 2.87. The third kappa shape index (κ3) is 5.61. The van der Waals surface area contributed by atoms with Crippen molar-refractivity contribution in [2.45, 2.75) is 32.6 Å². The van der Waals surface area contributed by atoms with Crippen molar-refractivity contribution in [1.82, 2.24) is 5.32 Å². The Kier molecular flexibility index (Phi) is 6.74. The van der Waals surface area contributed by atoms with Gasteiger partial charge in [-0.3, -0.25) is 0 Å². The van der Waals surface area contributed by atoms with E-state index in [1.54, 1.807) is 25.3 Å². The molecule has 0 radical (unpaired) electrons. The fourth-order valence-electron chi connectivity index (χ4n) is 1.76. The fraction of sp³-hybridized carbons (Fsp3) is 0.500. The molecule has 0 atom stereocenters. The molecule has 5 heteroatoms. The minimum absolute atomic E-state index is 0.114. The van der Waals surface area contributed by atoms with Gasteiger partial charge in [0.2, 0.25) is 0 Å². The van der Waals surface area contributed by atoms with Gasteiger partial charge in [0.25, 0.3) is 0 Å². The van der Waals surface area contributed by atoms with E-state index in [-0.39, 0.29) is 6.03 Å². The van der Waals surface area contributed by atoms with Crippen molar-refractivity contribution < 1.29 is 14.8 Å². The number of carbonyl (C=O) groups is 1. The van der Waals surface area contributed by atoms with Gasteiger partial charge in [0, 0.05) is 12.6 Å².